The maximum absolute atomic E-state index is 11.9. The van der Waals surface area contributed by atoms with Gasteiger partial charge in [0.25, 0.3) is 11.5 Å². The number of amides is 2. The van der Waals surface area contributed by atoms with Gasteiger partial charge in [-0.05, 0) is 30.4 Å². The van der Waals surface area contributed by atoms with Crippen LogP contribution in [0, 0.1) is 11.3 Å². The number of hydrogen-bond donors (Lipinski definition) is 4. The molecule has 2 aromatic rings. The summed E-state index contributed by atoms with van der Waals surface area (Å²) in [6.07, 6.45) is -0.271. The van der Waals surface area contributed by atoms with Crippen molar-refractivity contribution >= 4 is 35.0 Å². The van der Waals surface area contributed by atoms with Gasteiger partial charge < -0.3 is 9.84 Å². The molecule has 1 aliphatic carbocycles. The number of H-pyrrole nitrogens is 1. The van der Waals surface area contributed by atoms with E-state index in [2.05, 4.69) is 20.7 Å². The van der Waals surface area contributed by atoms with Gasteiger partial charge in [-0.3, -0.25) is 20.3 Å². The predicted molar refractivity (Wildman–Crippen MR) is 111 cm³/mol. The Morgan fingerprint density at radius 2 is 2.06 bits per heavy atom. The molecule has 0 atom stereocenters. The monoisotopic (exact) mass is 444 g/mol. The molecule has 1 aliphatic rings. The van der Waals surface area contributed by atoms with Gasteiger partial charge >= 0.3 is 6.09 Å². The highest BCUT2D eigenvalue weighted by Gasteiger charge is 2.26. The maximum Gasteiger partial charge on any atom is 0.411 e. The van der Waals surface area contributed by atoms with Crippen LogP contribution in [0.2, 0.25) is 5.02 Å². The molecule has 160 valence electrons. The summed E-state index contributed by atoms with van der Waals surface area (Å²) in [4.78, 5) is 34.0. The smallest absolute Gasteiger partial charge is 0.411 e. The summed E-state index contributed by atoms with van der Waals surface area (Å²) >= 11 is 6.37. The highest BCUT2D eigenvalue weighted by molar-refractivity contribution is 6.46. The van der Waals surface area contributed by atoms with Crippen molar-refractivity contribution in [3.8, 4) is 17.7 Å². The quantitative estimate of drug-likeness (QED) is 0.389. The Hall–Kier alpha value is -3.91. The number of hydrazone groups is 1. The summed E-state index contributed by atoms with van der Waals surface area (Å²) in [5, 5.41) is 29.3. The lowest BCUT2D eigenvalue weighted by Crippen LogP contribution is -2.34. The van der Waals surface area contributed by atoms with Crippen LogP contribution >= 0.6 is 11.6 Å². The molecule has 11 nitrogen and oxygen atoms in total. The zero-order valence-electron chi connectivity index (χ0n) is 16.4. The first-order valence-corrected chi connectivity index (χ1v) is 9.48. The van der Waals surface area contributed by atoms with Crippen LogP contribution in [0.15, 0.2) is 22.0 Å². The molecule has 0 aliphatic heterocycles. The second-order valence-corrected chi connectivity index (χ2v) is 7.29. The molecular formula is C19H17ClN6O5. The van der Waals surface area contributed by atoms with Gasteiger partial charge in [0.1, 0.15) is 6.07 Å². The zero-order chi connectivity index (χ0) is 22.7. The molecule has 1 aromatic carbocycles. The van der Waals surface area contributed by atoms with Crippen molar-refractivity contribution in [1.29, 1.82) is 5.26 Å². The Balaban J connectivity index is 1.88. The minimum absolute atomic E-state index is 0.0235. The standard InChI is InChI=1S/C19H17ClN6O5/c1-8(2)11-5-15(25-26-17(11)27)31-16-10-4-3-9(10)13(6-12(16)20)23-24-14(7-21)18(28)22-19(29)30/h5-6,8,23H,3-4H2,1-2H3,(H,22,28)(H,26,27)(H,29,30). The van der Waals surface area contributed by atoms with E-state index in [4.69, 9.17) is 26.7 Å². The number of halogens is 1. The third-order valence-corrected chi connectivity index (χ3v) is 4.82. The molecule has 1 heterocycles. The van der Waals surface area contributed by atoms with Crippen LogP contribution in [-0.4, -0.2) is 33.0 Å². The van der Waals surface area contributed by atoms with E-state index < -0.39 is 17.7 Å². The van der Waals surface area contributed by atoms with Crippen molar-refractivity contribution in [2.75, 3.05) is 5.43 Å². The fourth-order valence-electron chi connectivity index (χ4n) is 2.94. The molecule has 0 fully saturated rings. The molecule has 0 unspecified atom stereocenters. The first-order chi connectivity index (χ1) is 14.7. The average Bonchev–Trinajstić information content (AvgIpc) is 2.66. The number of carbonyl (C=O) groups is 2. The van der Waals surface area contributed by atoms with Crippen molar-refractivity contribution in [1.82, 2.24) is 15.5 Å². The number of aromatic amines is 1. The molecule has 2 amide bonds. The summed E-state index contributed by atoms with van der Waals surface area (Å²) in [5.74, 6) is -0.604. The van der Waals surface area contributed by atoms with Crippen LogP contribution in [0.25, 0.3) is 0 Å². The molecular weight excluding hydrogens is 428 g/mol. The number of nitrogens with zero attached hydrogens (tertiary/aromatic N) is 3. The highest BCUT2D eigenvalue weighted by Crippen LogP contribution is 2.44. The minimum atomic E-state index is -1.60. The second kappa shape index (κ2) is 8.85. The Morgan fingerprint density at radius 3 is 2.65 bits per heavy atom. The van der Waals surface area contributed by atoms with E-state index in [-0.39, 0.29) is 22.4 Å². The van der Waals surface area contributed by atoms with Gasteiger partial charge in [0.2, 0.25) is 11.6 Å². The van der Waals surface area contributed by atoms with Gasteiger partial charge in [-0.1, -0.05) is 25.4 Å². The Bertz CT molecular complexity index is 1200. The molecule has 0 saturated heterocycles. The molecule has 4 N–H and O–H groups in total. The van der Waals surface area contributed by atoms with E-state index in [0.717, 1.165) is 11.1 Å². The fraction of sp³-hybridized carbons (Fsp3) is 0.263. The number of aromatic nitrogens is 2. The summed E-state index contributed by atoms with van der Waals surface area (Å²) in [6.45, 7) is 3.75. The third kappa shape index (κ3) is 4.65. The average molecular weight is 445 g/mol. The van der Waals surface area contributed by atoms with Crippen LogP contribution in [0.1, 0.15) is 36.5 Å². The largest absolute Gasteiger partial charge is 0.465 e. The molecule has 3 rings (SSSR count). The Kier molecular flexibility index (Phi) is 6.22. The number of imide groups is 1. The Labute approximate surface area is 180 Å². The number of hydrogen-bond acceptors (Lipinski definition) is 8. The Morgan fingerprint density at radius 1 is 1.35 bits per heavy atom. The van der Waals surface area contributed by atoms with Gasteiger partial charge in [0, 0.05) is 17.2 Å². The number of ether oxygens (including phenoxy) is 1. The summed E-state index contributed by atoms with van der Waals surface area (Å²) in [7, 11) is 0. The topological polar surface area (TPSA) is 170 Å². The van der Waals surface area contributed by atoms with E-state index in [1.54, 1.807) is 11.4 Å². The van der Waals surface area contributed by atoms with Crippen molar-refractivity contribution in [2.45, 2.75) is 32.6 Å². The van der Waals surface area contributed by atoms with Gasteiger partial charge in [0.05, 0.1) is 10.7 Å². The van der Waals surface area contributed by atoms with Crippen LogP contribution in [0.4, 0.5) is 10.5 Å². The zero-order valence-corrected chi connectivity index (χ0v) is 17.2. The lowest BCUT2D eigenvalue weighted by Gasteiger charge is -2.26. The maximum atomic E-state index is 11.9. The highest BCUT2D eigenvalue weighted by atomic mass is 35.5. The van der Waals surface area contributed by atoms with Gasteiger partial charge in [-0.25, -0.2) is 9.89 Å². The minimum Gasteiger partial charge on any atom is -0.465 e. The van der Waals surface area contributed by atoms with Gasteiger partial charge in [-0.15, -0.1) is 5.10 Å². The first-order valence-electron chi connectivity index (χ1n) is 9.11. The number of nitrogens with one attached hydrogen (secondary N) is 3. The van der Waals surface area contributed by atoms with E-state index in [1.165, 1.54) is 12.1 Å². The van der Waals surface area contributed by atoms with Gasteiger partial charge in [0.15, 0.2) is 5.75 Å². The first kappa shape index (κ1) is 21.8. The lowest BCUT2D eigenvalue weighted by molar-refractivity contribution is -0.114. The van der Waals surface area contributed by atoms with Crippen LogP contribution in [0.3, 0.4) is 0 Å². The van der Waals surface area contributed by atoms with Crippen molar-refractivity contribution in [3.63, 3.8) is 0 Å². The van der Waals surface area contributed by atoms with E-state index >= 15 is 0 Å². The summed E-state index contributed by atoms with van der Waals surface area (Å²) in [5.41, 5.74) is 4.21. The number of rotatable bonds is 6. The molecule has 0 bridgehead atoms. The van der Waals surface area contributed by atoms with Crippen LogP contribution in [-0.2, 0) is 17.6 Å². The van der Waals surface area contributed by atoms with Crippen molar-refractivity contribution in [3.05, 3.63) is 44.2 Å². The number of nitriles is 1. The predicted octanol–water partition coefficient (Wildman–Crippen LogP) is 2.52. The summed E-state index contributed by atoms with van der Waals surface area (Å²) in [6, 6.07) is 4.59. The number of fused-ring (bicyclic) bond motifs is 1. The number of benzene rings is 1. The van der Waals surface area contributed by atoms with Crippen LogP contribution in [0.5, 0.6) is 11.6 Å². The normalized spacial score (nSPS) is 12.4. The third-order valence-electron chi connectivity index (χ3n) is 4.54. The fourth-order valence-corrected chi connectivity index (χ4v) is 3.20. The SMILES string of the molecule is CC(C)c1cc(Oc2c(Cl)cc(NN=C(C#N)C(=O)NC(=O)O)c3c2CC3)n[nH]c1=O. The number of anilines is 1. The molecule has 0 spiro atoms. The second-order valence-electron chi connectivity index (χ2n) is 6.88. The van der Waals surface area contributed by atoms with E-state index in [0.29, 0.717) is 29.8 Å². The van der Waals surface area contributed by atoms with E-state index in [9.17, 15) is 14.4 Å². The molecule has 31 heavy (non-hydrogen) atoms. The lowest BCUT2D eigenvalue weighted by atomic mass is 9.86. The van der Waals surface area contributed by atoms with Crippen molar-refractivity contribution < 1.29 is 19.4 Å². The molecule has 0 radical (unpaired) electrons. The summed E-state index contributed by atoms with van der Waals surface area (Å²) < 4.78 is 5.84. The molecule has 12 heteroatoms. The molecule has 1 aromatic heterocycles. The number of carbonyl (C=O) groups excluding carboxylic acids is 1. The van der Waals surface area contributed by atoms with Crippen molar-refractivity contribution in [2.24, 2.45) is 5.10 Å². The van der Waals surface area contributed by atoms with E-state index in [1.807, 2.05) is 13.8 Å². The molecule has 0 saturated carbocycles. The number of carboxylic acid groups (broad SMARTS) is 1. The van der Waals surface area contributed by atoms with Gasteiger partial charge in [-0.2, -0.15) is 10.4 Å². The van der Waals surface area contributed by atoms with Crippen LogP contribution < -0.4 is 21.0 Å².